The molecule has 0 amide bonds. The molecule has 0 atom stereocenters. The van der Waals surface area contributed by atoms with E-state index in [1.54, 1.807) is 19.4 Å². The Labute approximate surface area is 109 Å². The minimum Gasteiger partial charge on any atom is -0.489 e. The lowest BCUT2D eigenvalue weighted by Gasteiger charge is -2.16. The molecule has 1 aromatic heterocycles. The predicted octanol–water partition coefficient (Wildman–Crippen LogP) is 2.62. The van der Waals surface area contributed by atoms with E-state index < -0.39 is 5.41 Å². The Bertz CT molecular complexity index is 413. The van der Waals surface area contributed by atoms with Crippen LogP contribution in [-0.4, -0.2) is 18.7 Å². The molecule has 0 aliphatic heterocycles. The van der Waals surface area contributed by atoms with E-state index in [-0.39, 0.29) is 0 Å². The van der Waals surface area contributed by atoms with Crippen LogP contribution in [0.1, 0.15) is 13.8 Å². The van der Waals surface area contributed by atoms with Crippen LogP contribution in [0.2, 0.25) is 0 Å². The molecule has 16 heavy (non-hydrogen) atoms. The van der Waals surface area contributed by atoms with Crippen molar-refractivity contribution >= 4 is 22.6 Å². The maximum Gasteiger partial charge on any atom is 0.214 e. The summed E-state index contributed by atoms with van der Waals surface area (Å²) < 4.78 is 11.5. The highest BCUT2D eigenvalue weighted by Gasteiger charge is 2.18. The Morgan fingerprint density at radius 3 is 2.75 bits per heavy atom. The molecular formula is C11H13IN2O2. The van der Waals surface area contributed by atoms with Crippen LogP contribution < -0.4 is 9.47 Å². The fourth-order valence-electron chi connectivity index (χ4n) is 0.909. The van der Waals surface area contributed by atoms with Crippen LogP contribution in [-0.2, 0) is 0 Å². The molecule has 0 aromatic carbocycles. The van der Waals surface area contributed by atoms with Crippen molar-refractivity contribution in [2.24, 2.45) is 5.41 Å². The van der Waals surface area contributed by atoms with Crippen LogP contribution >= 0.6 is 22.6 Å². The topological polar surface area (TPSA) is 55.1 Å². The SMILES string of the molecule is COc1cc(I)c(OCC(C)(C)C#N)cn1. The average molecular weight is 332 g/mol. The molecule has 4 nitrogen and oxygen atoms in total. The van der Waals surface area contributed by atoms with Gasteiger partial charge in [-0.3, -0.25) is 0 Å². The van der Waals surface area contributed by atoms with E-state index in [0.29, 0.717) is 18.2 Å². The van der Waals surface area contributed by atoms with E-state index in [9.17, 15) is 0 Å². The van der Waals surface area contributed by atoms with Gasteiger partial charge in [-0.05, 0) is 36.4 Å². The van der Waals surface area contributed by atoms with Crippen molar-refractivity contribution in [2.75, 3.05) is 13.7 Å². The molecule has 1 aromatic rings. The molecule has 0 fully saturated rings. The van der Waals surface area contributed by atoms with E-state index in [0.717, 1.165) is 3.57 Å². The molecule has 86 valence electrons. The van der Waals surface area contributed by atoms with Crippen molar-refractivity contribution in [2.45, 2.75) is 13.8 Å². The summed E-state index contributed by atoms with van der Waals surface area (Å²) in [6, 6.07) is 3.97. The number of methoxy groups -OCH3 is 1. The second-order valence-corrected chi connectivity index (χ2v) is 5.10. The first-order valence-corrected chi connectivity index (χ1v) is 5.80. The number of nitriles is 1. The van der Waals surface area contributed by atoms with Gasteiger partial charge in [-0.25, -0.2) is 4.98 Å². The lowest BCUT2D eigenvalue weighted by Crippen LogP contribution is -2.19. The zero-order valence-corrected chi connectivity index (χ0v) is 11.6. The summed E-state index contributed by atoms with van der Waals surface area (Å²) in [6.45, 7) is 4.00. The molecule has 0 unspecified atom stereocenters. The minimum absolute atomic E-state index is 0.341. The van der Waals surface area contributed by atoms with Gasteiger partial charge in [0, 0.05) is 6.07 Å². The largest absolute Gasteiger partial charge is 0.489 e. The number of ether oxygens (including phenoxy) is 2. The Morgan fingerprint density at radius 1 is 1.56 bits per heavy atom. The summed E-state index contributed by atoms with van der Waals surface area (Å²) in [7, 11) is 1.57. The summed E-state index contributed by atoms with van der Waals surface area (Å²) in [5, 5.41) is 8.86. The average Bonchev–Trinajstić information content (AvgIpc) is 2.27. The fraction of sp³-hybridized carbons (Fsp3) is 0.455. The maximum atomic E-state index is 8.86. The van der Waals surface area contributed by atoms with E-state index in [2.05, 4.69) is 33.6 Å². The summed E-state index contributed by atoms with van der Waals surface area (Å²) in [6.07, 6.45) is 1.61. The lowest BCUT2D eigenvalue weighted by atomic mass is 9.98. The highest BCUT2D eigenvalue weighted by molar-refractivity contribution is 14.1. The second kappa shape index (κ2) is 5.34. The molecular weight excluding hydrogens is 319 g/mol. The Morgan fingerprint density at radius 2 is 2.25 bits per heavy atom. The third-order valence-electron chi connectivity index (χ3n) is 1.89. The van der Waals surface area contributed by atoms with Crippen LogP contribution in [0.3, 0.4) is 0 Å². The Balaban J connectivity index is 2.73. The molecule has 0 saturated heterocycles. The molecule has 0 radical (unpaired) electrons. The first-order chi connectivity index (χ1) is 7.48. The molecule has 0 aliphatic carbocycles. The van der Waals surface area contributed by atoms with Crippen molar-refractivity contribution < 1.29 is 9.47 Å². The molecule has 0 N–H and O–H groups in total. The molecule has 0 saturated carbocycles. The van der Waals surface area contributed by atoms with Crippen LogP contribution in [0, 0.1) is 20.3 Å². The smallest absolute Gasteiger partial charge is 0.214 e. The van der Waals surface area contributed by atoms with Crippen molar-refractivity contribution in [3.8, 4) is 17.7 Å². The molecule has 1 rings (SSSR count). The monoisotopic (exact) mass is 332 g/mol. The van der Waals surface area contributed by atoms with Gasteiger partial charge in [-0.1, -0.05) is 0 Å². The first kappa shape index (κ1) is 13.0. The maximum absolute atomic E-state index is 8.86. The Kier molecular flexibility index (Phi) is 4.35. The molecule has 0 spiro atoms. The second-order valence-electron chi connectivity index (χ2n) is 3.94. The van der Waals surface area contributed by atoms with Crippen LogP contribution in [0.15, 0.2) is 12.3 Å². The van der Waals surface area contributed by atoms with Gasteiger partial charge in [-0.15, -0.1) is 0 Å². The first-order valence-electron chi connectivity index (χ1n) is 4.72. The van der Waals surface area contributed by atoms with Gasteiger partial charge in [0.05, 0.1) is 28.4 Å². The number of halogens is 1. The number of rotatable bonds is 4. The van der Waals surface area contributed by atoms with Crippen LogP contribution in [0.5, 0.6) is 11.6 Å². The van der Waals surface area contributed by atoms with E-state index in [4.69, 9.17) is 14.7 Å². The zero-order valence-electron chi connectivity index (χ0n) is 9.45. The van der Waals surface area contributed by atoms with Crippen molar-refractivity contribution in [1.82, 2.24) is 4.98 Å². The van der Waals surface area contributed by atoms with Gasteiger partial charge in [-0.2, -0.15) is 5.26 Å². The number of aromatic nitrogens is 1. The van der Waals surface area contributed by atoms with Crippen LogP contribution in [0.25, 0.3) is 0 Å². The fourth-order valence-corrected chi connectivity index (χ4v) is 1.47. The van der Waals surface area contributed by atoms with E-state index in [1.807, 2.05) is 13.8 Å². The summed E-state index contributed by atoms with van der Waals surface area (Å²) >= 11 is 2.15. The van der Waals surface area contributed by atoms with Crippen molar-refractivity contribution in [3.63, 3.8) is 0 Å². The van der Waals surface area contributed by atoms with Crippen molar-refractivity contribution in [1.29, 1.82) is 5.26 Å². The molecule has 0 aliphatic rings. The van der Waals surface area contributed by atoms with Gasteiger partial charge in [0.25, 0.3) is 0 Å². The van der Waals surface area contributed by atoms with Crippen LogP contribution in [0.4, 0.5) is 0 Å². The third kappa shape index (κ3) is 3.52. The molecule has 0 bridgehead atoms. The quantitative estimate of drug-likeness (QED) is 0.796. The lowest BCUT2D eigenvalue weighted by molar-refractivity contribution is 0.224. The van der Waals surface area contributed by atoms with Gasteiger partial charge >= 0.3 is 0 Å². The normalized spacial score (nSPS) is 10.7. The molecule has 5 heteroatoms. The summed E-state index contributed by atoms with van der Waals surface area (Å²) in [4.78, 5) is 4.05. The highest BCUT2D eigenvalue weighted by Crippen LogP contribution is 2.25. The van der Waals surface area contributed by atoms with E-state index in [1.165, 1.54) is 0 Å². The van der Waals surface area contributed by atoms with Crippen molar-refractivity contribution in [3.05, 3.63) is 15.8 Å². The number of hydrogen-bond acceptors (Lipinski definition) is 4. The third-order valence-corrected chi connectivity index (χ3v) is 2.74. The number of hydrogen-bond donors (Lipinski definition) is 0. The standard InChI is InChI=1S/C11H13IN2O2/c1-11(2,6-13)7-16-9-5-14-10(15-3)4-8(9)12/h4-5H,7H2,1-3H3. The number of nitrogens with zero attached hydrogens (tertiary/aromatic N) is 2. The summed E-state index contributed by atoms with van der Waals surface area (Å²) in [5.74, 6) is 1.22. The van der Waals surface area contributed by atoms with Gasteiger partial charge in [0.1, 0.15) is 6.61 Å². The van der Waals surface area contributed by atoms with Gasteiger partial charge < -0.3 is 9.47 Å². The number of pyridine rings is 1. The minimum atomic E-state index is -0.497. The van der Waals surface area contributed by atoms with Gasteiger partial charge in [0.2, 0.25) is 5.88 Å². The molecule has 1 heterocycles. The summed E-state index contributed by atoms with van der Waals surface area (Å²) in [5.41, 5.74) is -0.497. The Hall–Kier alpha value is -1.03. The highest BCUT2D eigenvalue weighted by atomic mass is 127. The predicted molar refractivity (Wildman–Crippen MR) is 68.4 cm³/mol. The van der Waals surface area contributed by atoms with E-state index >= 15 is 0 Å². The van der Waals surface area contributed by atoms with Gasteiger partial charge in [0.15, 0.2) is 5.75 Å². The zero-order chi connectivity index (χ0) is 12.2.